The average molecular weight is 362 g/mol. The van der Waals surface area contributed by atoms with Crippen LogP contribution in [0.25, 0.3) is 11.1 Å². The first-order chi connectivity index (χ1) is 13.2. The van der Waals surface area contributed by atoms with E-state index in [0.29, 0.717) is 25.3 Å². The fourth-order valence-corrected chi connectivity index (χ4v) is 3.25. The van der Waals surface area contributed by atoms with Crippen LogP contribution in [0.4, 0.5) is 4.39 Å². The molecule has 0 saturated carbocycles. The maximum atomic E-state index is 13.9. The molecule has 1 aromatic heterocycles. The van der Waals surface area contributed by atoms with Gasteiger partial charge < -0.3 is 9.64 Å². The number of nitrogens with zero attached hydrogens (tertiary/aromatic N) is 2. The summed E-state index contributed by atoms with van der Waals surface area (Å²) in [5.74, 6) is 0.331. The van der Waals surface area contributed by atoms with Gasteiger partial charge in [-0.2, -0.15) is 0 Å². The molecule has 1 amide bonds. The molecule has 0 radical (unpaired) electrons. The minimum absolute atomic E-state index is 0.0477. The molecule has 4 nitrogen and oxygen atoms in total. The van der Waals surface area contributed by atoms with Crippen molar-refractivity contribution in [3.8, 4) is 16.9 Å². The number of rotatable bonds is 3. The SMILES string of the molecule is O=C(Cc1ccccc1F)N1CCOc2ccc(-c3ccncc3)cc2C1. The van der Waals surface area contributed by atoms with E-state index in [-0.39, 0.29) is 18.1 Å². The second-order valence-electron chi connectivity index (χ2n) is 6.49. The molecule has 136 valence electrons. The number of carbonyl (C=O) groups excluding carboxylic acids is 1. The molecule has 0 aliphatic carbocycles. The van der Waals surface area contributed by atoms with E-state index in [4.69, 9.17) is 4.74 Å². The first kappa shape index (κ1) is 17.2. The molecule has 4 rings (SSSR count). The lowest BCUT2D eigenvalue weighted by molar-refractivity contribution is -0.131. The summed E-state index contributed by atoms with van der Waals surface area (Å²) >= 11 is 0. The fraction of sp³-hybridized carbons (Fsp3) is 0.182. The number of halogens is 1. The lowest BCUT2D eigenvalue weighted by Gasteiger charge is -2.20. The Balaban J connectivity index is 1.57. The van der Waals surface area contributed by atoms with Crippen molar-refractivity contribution < 1.29 is 13.9 Å². The van der Waals surface area contributed by atoms with Crippen LogP contribution in [0.1, 0.15) is 11.1 Å². The van der Waals surface area contributed by atoms with Gasteiger partial charge in [-0.05, 0) is 47.0 Å². The number of ether oxygens (including phenoxy) is 1. The number of aromatic nitrogens is 1. The van der Waals surface area contributed by atoms with E-state index in [2.05, 4.69) is 4.98 Å². The van der Waals surface area contributed by atoms with E-state index in [0.717, 1.165) is 22.4 Å². The van der Waals surface area contributed by atoms with Crippen molar-refractivity contribution in [2.45, 2.75) is 13.0 Å². The molecule has 0 bridgehead atoms. The minimum Gasteiger partial charge on any atom is -0.491 e. The summed E-state index contributed by atoms with van der Waals surface area (Å²) in [6, 6.07) is 16.3. The van der Waals surface area contributed by atoms with E-state index < -0.39 is 0 Å². The highest BCUT2D eigenvalue weighted by molar-refractivity contribution is 5.79. The Morgan fingerprint density at radius 1 is 1.07 bits per heavy atom. The highest BCUT2D eigenvalue weighted by atomic mass is 19.1. The Labute approximate surface area is 157 Å². The van der Waals surface area contributed by atoms with Gasteiger partial charge in [-0.25, -0.2) is 4.39 Å². The molecule has 0 N–H and O–H groups in total. The van der Waals surface area contributed by atoms with E-state index in [1.807, 2.05) is 30.3 Å². The third-order valence-electron chi connectivity index (χ3n) is 4.71. The van der Waals surface area contributed by atoms with Crippen LogP contribution in [0.3, 0.4) is 0 Å². The summed E-state index contributed by atoms with van der Waals surface area (Å²) in [7, 11) is 0. The van der Waals surface area contributed by atoms with Gasteiger partial charge in [0, 0.05) is 24.5 Å². The normalized spacial score (nSPS) is 13.4. The second-order valence-corrected chi connectivity index (χ2v) is 6.49. The third-order valence-corrected chi connectivity index (χ3v) is 4.71. The van der Waals surface area contributed by atoms with Crippen molar-refractivity contribution in [3.05, 3.63) is 83.9 Å². The molecule has 2 heterocycles. The molecule has 0 unspecified atom stereocenters. The molecule has 2 aromatic carbocycles. The zero-order chi connectivity index (χ0) is 18.6. The third kappa shape index (κ3) is 3.82. The lowest BCUT2D eigenvalue weighted by Crippen LogP contribution is -2.33. The van der Waals surface area contributed by atoms with Crippen LogP contribution >= 0.6 is 0 Å². The summed E-state index contributed by atoms with van der Waals surface area (Å²) < 4.78 is 19.7. The maximum absolute atomic E-state index is 13.9. The summed E-state index contributed by atoms with van der Waals surface area (Å²) in [5.41, 5.74) is 3.46. The number of carbonyl (C=O) groups is 1. The lowest BCUT2D eigenvalue weighted by atomic mass is 10.0. The van der Waals surface area contributed by atoms with Gasteiger partial charge in [0.25, 0.3) is 0 Å². The van der Waals surface area contributed by atoms with Gasteiger partial charge in [0.15, 0.2) is 0 Å². The first-order valence-corrected chi connectivity index (χ1v) is 8.88. The summed E-state index contributed by atoms with van der Waals surface area (Å²) in [4.78, 5) is 18.5. The predicted octanol–water partition coefficient (Wildman–Crippen LogP) is 3.85. The van der Waals surface area contributed by atoms with Gasteiger partial charge in [0.1, 0.15) is 18.2 Å². The molecule has 0 spiro atoms. The first-order valence-electron chi connectivity index (χ1n) is 8.88. The largest absolute Gasteiger partial charge is 0.491 e. The molecule has 27 heavy (non-hydrogen) atoms. The Morgan fingerprint density at radius 2 is 1.89 bits per heavy atom. The molecule has 1 aliphatic heterocycles. The van der Waals surface area contributed by atoms with Crippen LogP contribution in [-0.2, 0) is 17.8 Å². The van der Waals surface area contributed by atoms with Crippen LogP contribution in [-0.4, -0.2) is 28.9 Å². The number of pyridine rings is 1. The Bertz CT molecular complexity index is 960. The molecular weight excluding hydrogens is 343 g/mol. The van der Waals surface area contributed by atoms with Crippen molar-refractivity contribution in [2.24, 2.45) is 0 Å². The number of benzene rings is 2. The van der Waals surface area contributed by atoms with Crippen LogP contribution in [0, 0.1) is 5.82 Å². The van der Waals surface area contributed by atoms with Crippen LogP contribution in [0.5, 0.6) is 5.75 Å². The zero-order valence-electron chi connectivity index (χ0n) is 14.8. The van der Waals surface area contributed by atoms with E-state index >= 15 is 0 Å². The van der Waals surface area contributed by atoms with Crippen LogP contribution in [0.15, 0.2) is 67.0 Å². The van der Waals surface area contributed by atoms with Crippen molar-refractivity contribution >= 4 is 5.91 Å². The van der Waals surface area contributed by atoms with Gasteiger partial charge in [-0.1, -0.05) is 24.3 Å². The van der Waals surface area contributed by atoms with Crippen molar-refractivity contribution in [1.82, 2.24) is 9.88 Å². The van der Waals surface area contributed by atoms with Crippen LogP contribution < -0.4 is 4.74 Å². The summed E-state index contributed by atoms with van der Waals surface area (Å²) in [5, 5.41) is 0. The number of fused-ring (bicyclic) bond motifs is 1. The molecule has 0 saturated heterocycles. The predicted molar refractivity (Wildman–Crippen MR) is 101 cm³/mol. The fourth-order valence-electron chi connectivity index (χ4n) is 3.25. The monoisotopic (exact) mass is 362 g/mol. The molecular formula is C22H19FN2O2. The Hall–Kier alpha value is -3.21. The van der Waals surface area contributed by atoms with Gasteiger partial charge in [0.2, 0.25) is 5.91 Å². The van der Waals surface area contributed by atoms with E-state index in [9.17, 15) is 9.18 Å². The van der Waals surface area contributed by atoms with Gasteiger partial charge in [-0.3, -0.25) is 9.78 Å². The van der Waals surface area contributed by atoms with Crippen molar-refractivity contribution in [1.29, 1.82) is 0 Å². The zero-order valence-corrected chi connectivity index (χ0v) is 14.8. The van der Waals surface area contributed by atoms with E-state index in [1.165, 1.54) is 6.07 Å². The summed E-state index contributed by atoms with van der Waals surface area (Å²) in [6.07, 6.45) is 3.55. The second kappa shape index (κ2) is 7.58. The standard InChI is InChI=1S/C22H19FN2O2/c23-20-4-2-1-3-18(20)14-22(26)25-11-12-27-21-6-5-17(13-19(21)15-25)16-7-9-24-10-8-16/h1-10,13H,11-12,14-15H2. The number of hydrogen-bond acceptors (Lipinski definition) is 3. The molecule has 0 fully saturated rings. The van der Waals surface area contributed by atoms with Crippen molar-refractivity contribution in [3.63, 3.8) is 0 Å². The molecule has 1 aliphatic rings. The highest BCUT2D eigenvalue weighted by Gasteiger charge is 2.21. The minimum atomic E-state index is -0.350. The van der Waals surface area contributed by atoms with Crippen LogP contribution in [0.2, 0.25) is 0 Å². The molecule has 0 atom stereocenters. The van der Waals surface area contributed by atoms with Gasteiger partial charge >= 0.3 is 0 Å². The molecule has 3 aromatic rings. The van der Waals surface area contributed by atoms with Crippen molar-refractivity contribution in [2.75, 3.05) is 13.2 Å². The number of amides is 1. The van der Waals surface area contributed by atoms with Gasteiger partial charge in [0.05, 0.1) is 13.0 Å². The quantitative estimate of drug-likeness (QED) is 0.711. The maximum Gasteiger partial charge on any atom is 0.227 e. The Morgan fingerprint density at radius 3 is 2.70 bits per heavy atom. The average Bonchev–Trinajstić information content (AvgIpc) is 2.92. The number of hydrogen-bond donors (Lipinski definition) is 0. The van der Waals surface area contributed by atoms with E-state index in [1.54, 1.807) is 35.5 Å². The highest BCUT2D eigenvalue weighted by Crippen LogP contribution is 2.29. The van der Waals surface area contributed by atoms with Gasteiger partial charge in [-0.15, -0.1) is 0 Å². The Kier molecular flexibility index (Phi) is 4.83. The summed E-state index contributed by atoms with van der Waals surface area (Å²) in [6.45, 7) is 1.35. The topological polar surface area (TPSA) is 42.4 Å². The molecule has 5 heteroatoms. The smallest absolute Gasteiger partial charge is 0.227 e.